The Bertz CT molecular complexity index is 1240. The second-order valence-electron chi connectivity index (χ2n) is 7.01. The molecule has 0 bridgehead atoms. The highest BCUT2D eigenvalue weighted by atomic mass is 35.5. The lowest BCUT2D eigenvalue weighted by Crippen LogP contribution is -2.35. The van der Waals surface area contributed by atoms with Gasteiger partial charge in [0.05, 0.1) is 17.9 Å². The zero-order valence-electron chi connectivity index (χ0n) is 17.6. The van der Waals surface area contributed by atoms with Crippen LogP contribution in [0.2, 0.25) is 5.02 Å². The van der Waals surface area contributed by atoms with Gasteiger partial charge in [0.1, 0.15) is 5.57 Å². The molecule has 0 aliphatic carbocycles. The average Bonchev–Trinajstić information content (AvgIpc) is 3.10. The number of nitrogens with zero attached hydrogens (tertiary/aromatic N) is 1. The molecule has 0 spiro atoms. The zero-order valence-corrected chi connectivity index (χ0v) is 18.3. The van der Waals surface area contributed by atoms with Crippen LogP contribution in [0.1, 0.15) is 22.8 Å². The summed E-state index contributed by atoms with van der Waals surface area (Å²) in [5.41, 5.74) is 3.96. The van der Waals surface area contributed by atoms with Crippen LogP contribution in [0.5, 0.6) is 11.5 Å². The summed E-state index contributed by atoms with van der Waals surface area (Å²) in [7, 11) is 0. The first kappa shape index (κ1) is 22.1. The van der Waals surface area contributed by atoms with Crippen molar-refractivity contribution in [3.8, 4) is 11.5 Å². The lowest BCUT2D eigenvalue weighted by Gasteiger charge is -2.14. The highest BCUT2D eigenvalue weighted by Crippen LogP contribution is 2.31. The van der Waals surface area contributed by atoms with Crippen LogP contribution in [0.4, 0.5) is 5.69 Å². The lowest BCUT2D eigenvalue weighted by atomic mass is 10.1. The number of anilines is 1. The van der Waals surface area contributed by atoms with Gasteiger partial charge in [0.2, 0.25) is 0 Å². The molecule has 7 nitrogen and oxygen atoms in total. The fourth-order valence-corrected chi connectivity index (χ4v) is 3.32. The van der Waals surface area contributed by atoms with Gasteiger partial charge in [-0.3, -0.25) is 15.0 Å². The molecule has 8 heteroatoms. The van der Waals surface area contributed by atoms with Crippen LogP contribution < -0.4 is 19.9 Å². The van der Waals surface area contributed by atoms with Crippen molar-refractivity contribution in [2.75, 3.05) is 11.6 Å². The Balaban J connectivity index is 1.59. The number of para-hydroxylation sites is 1. The van der Waals surface area contributed by atoms with Gasteiger partial charge in [-0.2, -0.15) is 0 Å². The molecule has 1 fully saturated rings. The molecule has 1 aliphatic heterocycles. The van der Waals surface area contributed by atoms with E-state index in [1.165, 1.54) is 11.1 Å². The zero-order chi connectivity index (χ0) is 23.4. The monoisotopic (exact) mass is 462 g/mol. The number of carbonyl (C=O) groups is 3. The number of esters is 1. The molecule has 1 aliphatic rings. The number of benzene rings is 3. The van der Waals surface area contributed by atoms with Gasteiger partial charge >= 0.3 is 5.97 Å². The van der Waals surface area contributed by atoms with E-state index >= 15 is 0 Å². The quantitative estimate of drug-likeness (QED) is 0.254. The van der Waals surface area contributed by atoms with E-state index in [2.05, 4.69) is 5.43 Å². The summed E-state index contributed by atoms with van der Waals surface area (Å²) in [6.45, 7) is 2.12. The van der Waals surface area contributed by atoms with Gasteiger partial charge in [-0.05, 0) is 67.1 Å². The Kier molecular flexibility index (Phi) is 6.42. The van der Waals surface area contributed by atoms with Gasteiger partial charge in [0.25, 0.3) is 11.8 Å². The molecule has 3 aromatic rings. The fraction of sp³-hybridized carbons (Fsp3) is 0.0800. The average molecular weight is 463 g/mol. The highest BCUT2D eigenvalue weighted by Gasteiger charge is 2.34. The largest absolute Gasteiger partial charge is 0.490 e. The lowest BCUT2D eigenvalue weighted by molar-refractivity contribution is -0.117. The van der Waals surface area contributed by atoms with Gasteiger partial charge in [-0.25, -0.2) is 9.80 Å². The molecule has 1 saturated heterocycles. The molecule has 0 radical (unpaired) electrons. The predicted octanol–water partition coefficient (Wildman–Crippen LogP) is 4.42. The molecule has 0 unspecified atom stereocenters. The molecule has 166 valence electrons. The minimum Gasteiger partial charge on any atom is -0.490 e. The fourth-order valence-electron chi connectivity index (χ4n) is 3.19. The van der Waals surface area contributed by atoms with E-state index < -0.39 is 17.8 Å². The van der Waals surface area contributed by atoms with Gasteiger partial charge < -0.3 is 9.47 Å². The van der Waals surface area contributed by atoms with Crippen LogP contribution in [-0.4, -0.2) is 24.4 Å². The second-order valence-corrected chi connectivity index (χ2v) is 7.45. The van der Waals surface area contributed by atoms with E-state index in [-0.39, 0.29) is 11.3 Å². The molecule has 1 N–H and O–H groups in total. The van der Waals surface area contributed by atoms with Crippen molar-refractivity contribution in [3.05, 3.63) is 94.5 Å². The molecular formula is C25H19ClN2O5. The highest BCUT2D eigenvalue weighted by molar-refractivity contribution is 6.31. The van der Waals surface area contributed by atoms with Gasteiger partial charge in [0, 0.05) is 5.02 Å². The maximum absolute atomic E-state index is 12.8. The molecule has 0 saturated carbocycles. The Labute approximate surface area is 195 Å². The maximum Gasteiger partial charge on any atom is 0.343 e. The number of nitrogens with one attached hydrogen (secondary N) is 1. The van der Waals surface area contributed by atoms with E-state index in [0.29, 0.717) is 34.2 Å². The Morgan fingerprint density at radius 1 is 1.00 bits per heavy atom. The first-order chi connectivity index (χ1) is 16.0. The normalized spacial score (nSPS) is 14.4. The van der Waals surface area contributed by atoms with Crippen LogP contribution in [0.15, 0.2) is 78.4 Å². The van der Waals surface area contributed by atoms with Crippen molar-refractivity contribution in [3.63, 3.8) is 0 Å². The number of ether oxygens (including phenoxy) is 2. The predicted molar refractivity (Wildman–Crippen MR) is 124 cm³/mol. The molecule has 4 rings (SSSR count). The topological polar surface area (TPSA) is 84.9 Å². The number of hydrazine groups is 1. The van der Waals surface area contributed by atoms with E-state index in [1.54, 1.807) is 73.7 Å². The smallest absolute Gasteiger partial charge is 0.343 e. The molecular weight excluding hydrogens is 444 g/mol. The summed E-state index contributed by atoms with van der Waals surface area (Å²) in [5.74, 6) is -1.03. The van der Waals surface area contributed by atoms with Crippen molar-refractivity contribution in [2.24, 2.45) is 0 Å². The third-order valence-electron chi connectivity index (χ3n) is 4.77. The first-order valence-electron chi connectivity index (χ1n) is 10.1. The molecule has 33 heavy (non-hydrogen) atoms. The summed E-state index contributed by atoms with van der Waals surface area (Å²) >= 11 is 5.86. The molecule has 2 amide bonds. The molecule has 0 atom stereocenters. The van der Waals surface area contributed by atoms with E-state index in [1.807, 2.05) is 6.07 Å². The minimum absolute atomic E-state index is 0.0211. The van der Waals surface area contributed by atoms with Crippen LogP contribution in [-0.2, 0) is 9.59 Å². The van der Waals surface area contributed by atoms with Crippen molar-refractivity contribution in [1.29, 1.82) is 0 Å². The number of hydrogen-bond donors (Lipinski definition) is 1. The molecule has 1 heterocycles. The van der Waals surface area contributed by atoms with Gasteiger partial charge in [-0.1, -0.05) is 35.9 Å². The number of rotatable bonds is 6. The summed E-state index contributed by atoms with van der Waals surface area (Å²) in [5, 5.41) is 1.70. The van der Waals surface area contributed by atoms with Crippen molar-refractivity contribution < 1.29 is 23.9 Å². The van der Waals surface area contributed by atoms with Gasteiger partial charge in [-0.15, -0.1) is 0 Å². The number of carbonyl (C=O) groups excluding carboxylic acids is 3. The summed E-state index contributed by atoms with van der Waals surface area (Å²) in [6, 6.07) is 19.9. The van der Waals surface area contributed by atoms with Gasteiger partial charge in [0.15, 0.2) is 11.5 Å². The van der Waals surface area contributed by atoms with E-state index in [4.69, 9.17) is 21.1 Å². The Morgan fingerprint density at radius 2 is 1.73 bits per heavy atom. The van der Waals surface area contributed by atoms with E-state index in [0.717, 1.165) is 0 Å². The third kappa shape index (κ3) is 4.88. The number of hydrogen-bond acceptors (Lipinski definition) is 5. The maximum atomic E-state index is 12.8. The summed E-state index contributed by atoms with van der Waals surface area (Å²) in [4.78, 5) is 37.7. The number of amides is 2. The summed E-state index contributed by atoms with van der Waals surface area (Å²) in [6.07, 6.45) is 1.47. The molecule has 0 aromatic heterocycles. The summed E-state index contributed by atoms with van der Waals surface area (Å²) < 4.78 is 11.1. The Hall–Kier alpha value is -4.10. The second kappa shape index (κ2) is 9.58. The standard InChI is InChI=1S/C25H19ClN2O5/c1-2-32-22-15-16(8-13-21(22)33-25(31)17-9-11-18(26)12-10-17)14-20-23(29)27-28(24(20)30)19-6-4-3-5-7-19/h3-15H,2H2,1H3,(H,27,29)/b20-14+. The third-order valence-corrected chi connectivity index (χ3v) is 5.02. The number of halogens is 1. The SMILES string of the molecule is CCOc1cc(/C=C2\C(=O)NN(c3ccccc3)C2=O)ccc1OC(=O)c1ccc(Cl)cc1. The van der Waals surface area contributed by atoms with Crippen LogP contribution >= 0.6 is 11.6 Å². The first-order valence-corrected chi connectivity index (χ1v) is 10.5. The molecule has 3 aromatic carbocycles. The van der Waals surface area contributed by atoms with Crippen LogP contribution in [0, 0.1) is 0 Å². The van der Waals surface area contributed by atoms with Crippen LogP contribution in [0.25, 0.3) is 6.08 Å². The van der Waals surface area contributed by atoms with Crippen molar-refractivity contribution in [1.82, 2.24) is 5.43 Å². The van der Waals surface area contributed by atoms with Crippen LogP contribution in [0.3, 0.4) is 0 Å². The van der Waals surface area contributed by atoms with E-state index in [9.17, 15) is 14.4 Å². The van der Waals surface area contributed by atoms with Crippen molar-refractivity contribution in [2.45, 2.75) is 6.92 Å². The van der Waals surface area contributed by atoms with Crippen molar-refractivity contribution >= 4 is 41.1 Å². The Morgan fingerprint density at radius 3 is 2.42 bits per heavy atom. The minimum atomic E-state index is -0.567.